The number of thiophene rings is 1. The number of quaternary nitrogens is 1. The van der Waals surface area contributed by atoms with Gasteiger partial charge in [0, 0.05) is 34.9 Å². The summed E-state index contributed by atoms with van der Waals surface area (Å²) in [5, 5.41) is 9.99. The lowest BCUT2D eigenvalue weighted by Gasteiger charge is -2.41. The molecule has 1 aromatic heterocycles. The summed E-state index contributed by atoms with van der Waals surface area (Å²) in [6.07, 6.45) is 10.5. The molecule has 190 valence electrons. The zero-order valence-corrected chi connectivity index (χ0v) is 22.1. The van der Waals surface area contributed by atoms with E-state index < -0.39 is 5.82 Å². The quantitative estimate of drug-likeness (QED) is 0.361. The molecule has 1 fully saturated rings. The number of hydrogen-bond donors (Lipinski definition) is 2. The van der Waals surface area contributed by atoms with Crippen molar-refractivity contribution in [3.63, 3.8) is 0 Å². The van der Waals surface area contributed by atoms with Gasteiger partial charge in [0.05, 0.1) is 12.0 Å². The summed E-state index contributed by atoms with van der Waals surface area (Å²) in [6.45, 7) is 0.547. The molecule has 1 atom stereocenters. The fourth-order valence-electron chi connectivity index (χ4n) is 5.23. The van der Waals surface area contributed by atoms with E-state index in [1.807, 2.05) is 53.5 Å². The lowest BCUT2D eigenvalue weighted by atomic mass is 9.98. The third-order valence-corrected chi connectivity index (χ3v) is 8.75. The van der Waals surface area contributed by atoms with Gasteiger partial charge >= 0.3 is 5.91 Å². The number of nitrogens with zero attached hydrogens (tertiary/aromatic N) is 1. The Morgan fingerprint density at radius 3 is 2.79 bits per heavy atom. The second-order valence-electron chi connectivity index (χ2n) is 9.25. The second-order valence-corrected chi connectivity index (χ2v) is 11.1. The highest BCUT2D eigenvalue weighted by molar-refractivity contribution is 7.99. The van der Waals surface area contributed by atoms with E-state index >= 15 is 4.39 Å². The smallest absolute Gasteiger partial charge is 0.358 e. The molecule has 38 heavy (non-hydrogen) atoms. The van der Waals surface area contributed by atoms with E-state index in [-0.39, 0.29) is 21.9 Å². The molecule has 1 unspecified atom stereocenters. The number of halogens is 1. The Morgan fingerprint density at radius 2 is 1.95 bits per heavy atom. The summed E-state index contributed by atoms with van der Waals surface area (Å²) in [5.74, 6) is 0.180. The Kier molecular flexibility index (Phi) is 6.61. The molecule has 3 heterocycles. The summed E-state index contributed by atoms with van der Waals surface area (Å²) in [5.41, 5.74) is 5.38. The minimum Gasteiger partial charge on any atom is -0.363 e. The number of carbonyl (C=O) groups excluding carboxylic acids is 2. The second kappa shape index (κ2) is 10.2. The van der Waals surface area contributed by atoms with Crippen LogP contribution in [0.2, 0.25) is 0 Å². The first kappa shape index (κ1) is 24.6. The Bertz CT molecular complexity index is 1560. The molecular weight excluding hydrogens is 517 g/mol. The van der Waals surface area contributed by atoms with E-state index in [4.69, 9.17) is 0 Å². The van der Waals surface area contributed by atoms with Crippen LogP contribution in [0.4, 0.5) is 10.1 Å². The molecule has 2 N–H and O–H groups in total. The van der Waals surface area contributed by atoms with Gasteiger partial charge in [0.1, 0.15) is 23.6 Å². The Morgan fingerprint density at radius 1 is 1.05 bits per heavy atom. The zero-order chi connectivity index (χ0) is 26.1. The van der Waals surface area contributed by atoms with Crippen molar-refractivity contribution < 1.29 is 18.5 Å². The SMILES string of the molecule is O=C(Nc1ccc(C(=O)[N+]23CCSCC2=CNC=C2CC=CC=C23)c(F)c1)c1ccccc1-c1ccsc1. The Hall–Kier alpha value is -3.72. The van der Waals surface area contributed by atoms with Gasteiger partial charge in [0.25, 0.3) is 5.91 Å². The first-order valence-electron chi connectivity index (χ1n) is 12.3. The normalized spacial score (nSPS) is 20.1. The minimum atomic E-state index is -0.654. The molecule has 0 radical (unpaired) electrons. The van der Waals surface area contributed by atoms with Gasteiger partial charge in [0.2, 0.25) is 0 Å². The average molecular weight is 543 g/mol. The number of benzene rings is 2. The van der Waals surface area contributed by atoms with Crippen LogP contribution in [0, 0.1) is 5.82 Å². The highest BCUT2D eigenvalue weighted by Crippen LogP contribution is 2.42. The van der Waals surface area contributed by atoms with Crippen LogP contribution in [0.3, 0.4) is 0 Å². The van der Waals surface area contributed by atoms with Crippen molar-refractivity contribution in [3.05, 3.63) is 124 Å². The molecule has 8 heteroatoms. The fourth-order valence-corrected chi connectivity index (χ4v) is 6.95. The van der Waals surface area contributed by atoms with Crippen LogP contribution in [0.25, 0.3) is 11.1 Å². The van der Waals surface area contributed by atoms with Crippen LogP contribution in [0.1, 0.15) is 27.1 Å². The molecule has 3 aromatic rings. The number of thioether (sulfide) groups is 1. The molecule has 1 aliphatic carbocycles. The van der Waals surface area contributed by atoms with Crippen LogP contribution in [-0.2, 0) is 0 Å². The number of carbonyl (C=O) groups is 2. The Balaban J connectivity index is 1.32. The van der Waals surface area contributed by atoms with Crippen LogP contribution >= 0.6 is 23.1 Å². The molecule has 2 aliphatic heterocycles. The first-order valence-corrected chi connectivity index (χ1v) is 14.4. The number of nitrogens with one attached hydrogen (secondary N) is 2. The van der Waals surface area contributed by atoms with Gasteiger partial charge in [-0.25, -0.2) is 9.18 Å². The molecule has 0 saturated carbocycles. The largest absolute Gasteiger partial charge is 0.363 e. The lowest BCUT2D eigenvalue weighted by Crippen LogP contribution is -2.55. The molecule has 0 bridgehead atoms. The lowest BCUT2D eigenvalue weighted by molar-refractivity contribution is -0.766. The summed E-state index contributed by atoms with van der Waals surface area (Å²) in [7, 11) is 0. The molecule has 1 saturated heterocycles. The fraction of sp³-hybridized carbons (Fsp3) is 0.133. The van der Waals surface area contributed by atoms with Crippen LogP contribution in [0.5, 0.6) is 0 Å². The summed E-state index contributed by atoms with van der Waals surface area (Å²) >= 11 is 3.32. The molecule has 5 nitrogen and oxygen atoms in total. The number of allylic oxidation sites excluding steroid dienone is 4. The van der Waals surface area contributed by atoms with Gasteiger partial charge < -0.3 is 10.6 Å². The standard InChI is InChI=1S/C30H24FN3O2S2/c31-27-15-22(33-29(35)25-7-3-2-6-24(25)21-11-13-37-18-21)9-10-26(27)30(36)34-12-14-38-19-23(34)17-32-16-20-5-1-4-8-28(20)34/h1-4,6-11,13,15-18,32H,5,12,14,19H2/p+1. The maximum atomic E-state index is 15.6. The number of fused-ring (bicyclic) bond motifs is 3. The monoisotopic (exact) mass is 542 g/mol. The number of amides is 2. The zero-order valence-electron chi connectivity index (χ0n) is 20.4. The molecule has 0 spiro atoms. The predicted octanol–water partition coefficient (Wildman–Crippen LogP) is 6.68. The summed E-state index contributed by atoms with van der Waals surface area (Å²) in [4.78, 5) is 27.3. The first-order chi connectivity index (χ1) is 18.6. The number of anilines is 1. The van der Waals surface area contributed by atoms with E-state index in [9.17, 15) is 9.59 Å². The van der Waals surface area contributed by atoms with Crippen molar-refractivity contribution >= 4 is 40.6 Å². The van der Waals surface area contributed by atoms with Gasteiger partial charge in [-0.3, -0.25) is 4.79 Å². The van der Waals surface area contributed by atoms with E-state index in [1.165, 1.54) is 12.1 Å². The van der Waals surface area contributed by atoms with Crippen LogP contribution in [0.15, 0.2) is 107 Å². The highest BCUT2D eigenvalue weighted by Gasteiger charge is 2.50. The number of hydrogen-bond acceptors (Lipinski definition) is 5. The summed E-state index contributed by atoms with van der Waals surface area (Å²) < 4.78 is 15.6. The van der Waals surface area contributed by atoms with E-state index in [0.717, 1.165) is 33.8 Å². The van der Waals surface area contributed by atoms with E-state index in [2.05, 4.69) is 16.7 Å². The topological polar surface area (TPSA) is 58.2 Å². The average Bonchev–Trinajstić information content (AvgIpc) is 3.42. The maximum Gasteiger partial charge on any atom is 0.358 e. The van der Waals surface area contributed by atoms with Crippen molar-refractivity contribution in [2.75, 3.05) is 23.4 Å². The van der Waals surface area contributed by atoms with Gasteiger partial charge in [-0.05, 0) is 58.6 Å². The van der Waals surface area contributed by atoms with Gasteiger partial charge in [-0.2, -0.15) is 15.8 Å². The van der Waals surface area contributed by atoms with Crippen molar-refractivity contribution in [1.82, 2.24) is 5.32 Å². The maximum absolute atomic E-state index is 15.6. The molecule has 2 amide bonds. The number of rotatable bonds is 4. The van der Waals surface area contributed by atoms with Gasteiger partial charge in [0.15, 0.2) is 5.70 Å². The predicted molar refractivity (Wildman–Crippen MR) is 152 cm³/mol. The third kappa shape index (κ3) is 4.24. The van der Waals surface area contributed by atoms with E-state index in [1.54, 1.807) is 41.3 Å². The van der Waals surface area contributed by atoms with Crippen molar-refractivity contribution in [1.29, 1.82) is 0 Å². The van der Waals surface area contributed by atoms with Crippen molar-refractivity contribution in [2.24, 2.45) is 0 Å². The van der Waals surface area contributed by atoms with E-state index in [0.29, 0.717) is 30.0 Å². The molecule has 6 rings (SSSR count). The third-order valence-electron chi connectivity index (χ3n) is 7.09. The van der Waals surface area contributed by atoms with Gasteiger partial charge in [-0.15, -0.1) is 11.8 Å². The van der Waals surface area contributed by atoms with Crippen molar-refractivity contribution in [2.45, 2.75) is 6.42 Å². The Labute approximate surface area is 228 Å². The van der Waals surface area contributed by atoms with Gasteiger partial charge in [-0.1, -0.05) is 30.4 Å². The summed E-state index contributed by atoms with van der Waals surface area (Å²) in [6, 6.07) is 13.6. The molecular formula is C30H25FN3O2S2+. The van der Waals surface area contributed by atoms with Crippen LogP contribution < -0.4 is 10.6 Å². The minimum absolute atomic E-state index is 0.0103. The molecule has 3 aliphatic rings. The van der Waals surface area contributed by atoms with Crippen molar-refractivity contribution in [3.8, 4) is 11.1 Å². The highest BCUT2D eigenvalue weighted by atomic mass is 32.2. The van der Waals surface area contributed by atoms with Crippen LogP contribution in [-0.4, -0.2) is 34.3 Å². The molecule has 2 aromatic carbocycles.